The predicted octanol–water partition coefficient (Wildman–Crippen LogP) is 7.31. The number of fused-ring (bicyclic) bond motifs is 9. The van der Waals surface area contributed by atoms with Crippen LogP contribution >= 0.6 is 39.0 Å². The number of benzene rings is 3. The summed E-state index contributed by atoms with van der Waals surface area (Å²) in [5.41, 5.74) is 0.501. The highest BCUT2D eigenvalue weighted by Gasteiger charge is 2.69. The van der Waals surface area contributed by atoms with Crippen molar-refractivity contribution in [1.29, 1.82) is 0 Å². The van der Waals surface area contributed by atoms with Gasteiger partial charge in [0.1, 0.15) is 0 Å². The molecule has 51 heavy (non-hydrogen) atoms. The molecule has 2 bridgehead atoms. The zero-order valence-corrected chi connectivity index (χ0v) is 30.0. The maximum absolute atomic E-state index is 14.0. The van der Waals surface area contributed by atoms with Crippen LogP contribution in [0.4, 0.5) is 24.5 Å². The summed E-state index contributed by atoms with van der Waals surface area (Å²) in [5.74, 6) is -1.72. The molecule has 3 heterocycles. The van der Waals surface area contributed by atoms with Crippen molar-refractivity contribution in [2.75, 3.05) is 23.4 Å². The van der Waals surface area contributed by atoms with Crippen molar-refractivity contribution >= 4 is 68.1 Å². The molecular formula is C36H29BrF3N3O6S2. The zero-order valence-electron chi connectivity index (χ0n) is 26.7. The van der Waals surface area contributed by atoms with Crippen molar-refractivity contribution in [3.05, 3.63) is 96.9 Å². The van der Waals surface area contributed by atoms with Crippen molar-refractivity contribution in [3.8, 4) is 11.5 Å². The Morgan fingerprint density at radius 2 is 1.73 bits per heavy atom. The molecule has 15 heteroatoms. The number of anilines is 2. The standard InChI is InChI=1S/C36H29BrF3N3O6S2/c1-2-48-24-12-16(6-11-23(24)49-15-25(44)41-19-5-3-4-17(13-19)36(38,39)40)26-27-21-14-22(30(27)50-32-31(26)51-35(47)42-32)29-28(21)33(45)43(34(29)46)20-9-7-18(37)8-10-20/h3-13,21-22,26-30H,2,14-15H2,1H3,(H,41,44)(H,42,47)/t21-,22-,26-,27?,28?,29?,30?/m1/s1. The van der Waals surface area contributed by atoms with Crippen LogP contribution in [0, 0.1) is 29.6 Å². The van der Waals surface area contributed by atoms with Crippen molar-refractivity contribution in [3.63, 3.8) is 0 Å². The molecule has 4 unspecified atom stereocenters. The van der Waals surface area contributed by atoms with Gasteiger partial charge in [-0.15, -0.1) is 11.8 Å². The van der Waals surface area contributed by atoms with Crippen LogP contribution in [0.3, 0.4) is 0 Å². The summed E-state index contributed by atoms with van der Waals surface area (Å²) >= 11 is 6.16. The molecule has 4 aromatic rings. The molecule has 0 radical (unpaired) electrons. The van der Waals surface area contributed by atoms with E-state index < -0.39 is 36.1 Å². The number of ether oxygens (including phenoxy) is 2. The van der Waals surface area contributed by atoms with Crippen LogP contribution in [0.25, 0.3) is 0 Å². The number of carbonyl (C=O) groups is 3. The van der Waals surface area contributed by atoms with Gasteiger partial charge in [-0.1, -0.05) is 39.4 Å². The largest absolute Gasteiger partial charge is 0.490 e. The van der Waals surface area contributed by atoms with Crippen LogP contribution in [-0.4, -0.2) is 41.2 Å². The van der Waals surface area contributed by atoms with Crippen LogP contribution in [0.2, 0.25) is 0 Å². The summed E-state index contributed by atoms with van der Waals surface area (Å²) in [6.45, 7) is 1.60. The highest BCUT2D eigenvalue weighted by molar-refractivity contribution is 9.10. The van der Waals surface area contributed by atoms with Gasteiger partial charge < -0.3 is 19.8 Å². The maximum atomic E-state index is 14.0. The number of nitrogens with zero attached hydrogens (tertiary/aromatic N) is 1. The first kappa shape index (κ1) is 34.0. The van der Waals surface area contributed by atoms with Crippen LogP contribution in [0.15, 0.2) is 81.0 Å². The second-order valence-corrected chi connectivity index (χ2v) is 16.1. The number of H-pyrrole nitrogens is 1. The van der Waals surface area contributed by atoms with Gasteiger partial charge in [-0.2, -0.15) is 13.2 Å². The zero-order chi connectivity index (χ0) is 35.8. The number of thioether (sulfide) groups is 1. The molecule has 2 aliphatic carbocycles. The van der Waals surface area contributed by atoms with Gasteiger partial charge in [-0.3, -0.25) is 24.1 Å². The summed E-state index contributed by atoms with van der Waals surface area (Å²) in [6.07, 6.45) is -3.82. The third-order valence-corrected chi connectivity index (χ3v) is 13.4. The third kappa shape index (κ3) is 5.86. The van der Waals surface area contributed by atoms with Crippen LogP contribution in [0.1, 0.15) is 35.3 Å². The molecule has 0 spiro atoms. The van der Waals surface area contributed by atoms with Crippen LogP contribution in [0.5, 0.6) is 11.5 Å². The molecule has 264 valence electrons. The fraction of sp³-hybridized carbons (Fsp3) is 0.333. The summed E-state index contributed by atoms with van der Waals surface area (Å²) in [5, 5.41) is 3.20. The Morgan fingerprint density at radius 1 is 0.980 bits per heavy atom. The quantitative estimate of drug-likeness (QED) is 0.180. The van der Waals surface area contributed by atoms with Gasteiger partial charge >= 0.3 is 11.0 Å². The van der Waals surface area contributed by atoms with Crippen molar-refractivity contribution in [1.82, 2.24) is 4.98 Å². The summed E-state index contributed by atoms with van der Waals surface area (Å²) in [4.78, 5) is 58.4. The summed E-state index contributed by atoms with van der Waals surface area (Å²) in [6, 6.07) is 16.9. The molecule has 3 amide bonds. The topological polar surface area (TPSA) is 118 Å². The monoisotopic (exact) mass is 799 g/mol. The molecule has 3 fully saturated rings. The molecular weight excluding hydrogens is 771 g/mol. The van der Waals surface area contributed by atoms with Crippen LogP contribution < -0.4 is 24.6 Å². The van der Waals surface area contributed by atoms with Gasteiger partial charge in [0.25, 0.3) is 5.91 Å². The summed E-state index contributed by atoms with van der Waals surface area (Å²) < 4.78 is 52.0. The van der Waals surface area contributed by atoms with E-state index in [4.69, 9.17) is 9.47 Å². The molecule has 2 aliphatic heterocycles. The molecule has 2 N–H and O–H groups in total. The van der Waals surface area contributed by atoms with Gasteiger partial charge in [0.15, 0.2) is 18.1 Å². The average Bonchev–Trinajstić information content (AvgIpc) is 3.83. The van der Waals surface area contributed by atoms with E-state index in [0.29, 0.717) is 11.4 Å². The van der Waals surface area contributed by atoms with E-state index in [2.05, 4.69) is 26.2 Å². The fourth-order valence-corrected chi connectivity index (χ4v) is 11.6. The minimum Gasteiger partial charge on any atom is -0.490 e. The molecule has 2 saturated carbocycles. The Morgan fingerprint density at radius 3 is 2.45 bits per heavy atom. The predicted molar refractivity (Wildman–Crippen MR) is 188 cm³/mol. The Bertz CT molecular complexity index is 2120. The van der Waals surface area contributed by atoms with Gasteiger partial charge in [0, 0.05) is 26.2 Å². The Hall–Kier alpha value is -4.08. The molecule has 1 saturated heterocycles. The van der Waals surface area contributed by atoms with E-state index in [1.807, 2.05) is 24.3 Å². The highest BCUT2D eigenvalue weighted by Crippen LogP contribution is 2.69. The van der Waals surface area contributed by atoms with Gasteiger partial charge in [-0.25, -0.2) is 0 Å². The smallest absolute Gasteiger partial charge is 0.416 e. The second-order valence-electron chi connectivity index (χ2n) is 13.0. The number of aromatic amines is 1. The number of rotatable bonds is 8. The van der Waals surface area contributed by atoms with Crippen molar-refractivity contribution in [2.24, 2.45) is 29.6 Å². The number of alkyl halides is 3. The minimum atomic E-state index is -4.55. The minimum absolute atomic E-state index is 0.00775. The van der Waals surface area contributed by atoms with E-state index in [9.17, 15) is 32.3 Å². The van der Waals surface area contributed by atoms with Gasteiger partial charge in [-0.05, 0) is 91.3 Å². The average molecular weight is 801 g/mol. The van der Waals surface area contributed by atoms with E-state index in [-0.39, 0.29) is 63.7 Å². The maximum Gasteiger partial charge on any atom is 0.416 e. The lowest BCUT2D eigenvalue weighted by Gasteiger charge is -2.43. The number of thiazole rings is 1. The Kier molecular flexibility index (Phi) is 8.57. The molecule has 7 atom stereocenters. The van der Waals surface area contributed by atoms with Crippen LogP contribution in [-0.2, 0) is 20.6 Å². The number of amides is 3. The highest BCUT2D eigenvalue weighted by atomic mass is 79.9. The third-order valence-electron chi connectivity index (χ3n) is 10.3. The number of nitrogens with one attached hydrogen (secondary N) is 2. The SMILES string of the molecule is CCOc1cc([C@H]2c3sc(=O)[nH]c3SC3C2[C@H]2C[C@@H]3C3C(=O)N(c4ccc(Br)cc4)C(=O)C32)ccc1OCC(=O)Nc1cccc(C(F)(F)F)c1. The van der Waals surface area contributed by atoms with E-state index in [1.165, 1.54) is 17.0 Å². The lowest BCUT2D eigenvalue weighted by atomic mass is 9.68. The lowest BCUT2D eigenvalue weighted by molar-refractivity contribution is -0.137. The Balaban J connectivity index is 1.07. The number of halogens is 4. The Labute approximate surface area is 306 Å². The van der Waals surface area contributed by atoms with Gasteiger partial charge in [0.05, 0.1) is 34.7 Å². The number of hydrogen-bond acceptors (Lipinski definition) is 8. The van der Waals surface area contributed by atoms with E-state index >= 15 is 0 Å². The number of imide groups is 1. The van der Waals surface area contributed by atoms with Crippen molar-refractivity contribution in [2.45, 2.75) is 35.7 Å². The number of carbonyl (C=O) groups excluding carboxylic acids is 3. The first-order chi connectivity index (χ1) is 24.4. The first-order valence-corrected chi connectivity index (χ1v) is 18.8. The van der Waals surface area contributed by atoms with E-state index in [1.54, 1.807) is 36.9 Å². The molecule has 8 rings (SSSR count). The lowest BCUT2D eigenvalue weighted by Crippen LogP contribution is -2.42. The molecule has 3 aromatic carbocycles. The molecule has 4 aliphatic rings. The van der Waals surface area contributed by atoms with Crippen molar-refractivity contribution < 1.29 is 37.0 Å². The number of hydrogen-bond donors (Lipinski definition) is 2. The molecule has 9 nitrogen and oxygen atoms in total. The normalized spacial score (nSPS) is 26.1. The number of aromatic nitrogens is 1. The van der Waals surface area contributed by atoms with E-state index in [0.717, 1.165) is 49.8 Å². The first-order valence-electron chi connectivity index (χ1n) is 16.3. The molecule has 1 aromatic heterocycles. The van der Waals surface area contributed by atoms with Gasteiger partial charge in [0.2, 0.25) is 11.8 Å². The summed E-state index contributed by atoms with van der Waals surface area (Å²) in [7, 11) is 0. The second kappa shape index (κ2) is 12.8. The fourth-order valence-electron chi connectivity index (χ4n) is 8.45.